The Morgan fingerprint density at radius 2 is 2.22 bits per heavy atom. The summed E-state index contributed by atoms with van der Waals surface area (Å²) >= 11 is 1.49. The monoisotopic (exact) mass is 280 g/mol. The van der Waals surface area contributed by atoms with E-state index >= 15 is 0 Å². The van der Waals surface area contributed by atoms with Gasteiger partial charge in [0, 0.05) is 18.7 Å². The maximum Gasteiger partial charge on any atom is 1.00 e. The van der Waals surface area contributed by atoms with Crippen LogP contribution in [0.4, 0.5) is 0 Å². The minimum atomic E-state index is -1.21. The first-order chi connectivity index (χ1) is 8.00. The molecule has 8 heteroatoms. The van der Waals surface area contributed by atoms with Crippen LogP contribution in [0.25, 0.3) is 0 Å². The fraction of sp³-hybridized carbons (Fsp3) is 0.700. The van der Waals surface area contributed by atoms with Crippen molar-refractivity contribution in [2.24, 2.45) is 0 Å². The van der Waals surface area contributed by atoms with Gasteiger partial charge >= 0.3 is 29.6 Å². The summed E-state index contributed by atoms with van der Waals surface area (Å²) in [6.45, 7) is 1.83. The molecule has 2 rings (SSSR count). The van der Waals surface area contributed by atoms with Gasteiger partial charge in [0.05, 0.1) is 23.8 Å². The Hall–Kier alpha value is -0.240. The van der Waals surface area contributed by atoms with Crippen LogP contribution in [0, 0.1) is 0 Å². The van der Waals surface area contributed by atoms with Crippen LogP contribution >= 0.6 is 11.8 Å². The van der Waals surface area contributed by atoms with Crippen LogP contribution in [0.5, 0.6) is 0 Å². The molecule has 0 aromatic heterocycles. The summed E-state index contributed by atoms with van der Waals surface area (Å²) in [7, 11) is 0. The predicted octanol–water partition coefficient (Wildman–Crippen LogP) is -4.69. The second-order valence-electron chi connectivity index (χ2n) is 4.17. The van der Waals surface area contributed by atoms with Crippen molar-refractivity contribution in [2.45, 2.75) is 36.4 Å². The smallest absolute Gasteiger partial charge is 0.548 e. The summed E-state index contributed by atoms with van der Waals surface area (Å²) in [4.78, 5) is 34.4. The second-order valence-corrected chi connectivity index (χ2v) is 5.59. The number of fused-ring (bicyclic) bond motifs is 1. The summed E-state index contributed by atoms with van der Waals surface area (Å²) in [5, 5.41) is 13.5. The van der Waals surface area contributed by atoms with Crippen LogP contribution in [0.2, 0.25) is 0 Å². The molecule has 2 amide bonds. The van der Waals surface area contributed by atoms with Gasteiger partial charge in [0.15, 0.2) is 0 Å². The van der Waals surface area contributed by atoms with Gasteiger partial charge in [-0.15, -0.1) is 11.8 Å². The van der Waals surface area contributed by atoms with Crippen molar-refractivity contribution in [3.8, 4) is 0 Å². The Kier molecular flexibility index (Phi) is 5.51. The Morgan fingerprint density at radius 3 is 2.72 bits per heavy atom. The zero-order valence-corrected chi connectivity index (χ0v) is 13.2. The molecule has 0 spiro atoms. The number of nitrogens with one attached hydrogen (secondary N) is 1. The van der Waals surface area contributed by atoms with Crippen LogP contribution < -0.4 is 40.0 Å². The molecule has 6 nitrogen and oxygen atoms in total. The number of thioether (sulfide) groups is 1. The van der Waals surface area contributed by atoms with Gasteiger partial charge in [-0.2, -0.15) is 0 Å². The molecule has 0 radical (unpaired) electrons. The molecule has 0 aromatic rings. The Bertz CT molecular complexity index is 379. The van der Waals surface area contributed by atoms with Crippen LogP contribution in [0.15, 0.2) is 0 Å². The van der Waals surface area contributed by atoms with E-state index in [1.54, 1.807) is 0 Å². The summed E-state index contributed by atoms with van der Waals surface area (Å²) in [5.41, 5.74) is 0. The molecule has 2 saturated heterocycles. The van der Waals surface area contributed by atoms with Crippen molar-refractivity contribution in [2.75, 3.05) is 6.54 Å². The van der Waals surface area contributed by atoms with Crippen molar-refractivity contribution in [1.29, 1.82) is 0 Å². The maximum absolute atomic E-state index is 11.3. The summed E-state index contributed by atoms with van der Waals surface area (Å²) in [6.07, 6.45) is 0.939. The molecular formula is C10H13N2NaO4S. The van der Waals surface area contributed by atoms with E-state index in [1.807, 2.05) is 0 Å². The van der Waals surface area contributed by atoms with Crippen molar-refractivity contribution in [3.63, 3.8) is 0 Å². The largest absolute Gasteiger partial charge is 1.00 e. The van der Waals surface area contributed by atoms with Gasteiger partial charge in [-0.05, 0) is 6.42 Å². The quantitative estimate of drug-likeness (QED) is 0.413. The molecule has 1 N–H and O–H groups in total. The molecule has 2 fully saturated rings. The van der Waals surface area contributed by atoms with Crippen molar-refractivity contribution < 1.29 is 49.0 Å². The Labute approximate surface area is 131 Å². The molecule has 2 aliphatic heterocycles. The van der Waals surface area contributed by atoms with Crippen LogP contribution in [-0.2, 0) is 14.4 Å². The average Bonchev–Trinajstić information content (AvgIpc) is 2.50. The number of carbonyl (C=O) groups excluding carboxylic acids is 3. The van der Waals surface area contributed by atoms with E-state index in [4.69, 9.17) is 0 Å². The van der Waals surface area contributed by atoms with Gasteiger partial charge in [0.2, 0.25) is 11.8 Å². The number of carboxylic acids is 1. The molecule has 18 heavy (non-hydrogen) atoms. The second kappa shape index (κ2) is 6.27. The Balaban J connectivity index is 0.00000162. The average molecular weight is 280 g/mol. The fourth-order valence-corrected chi connectivity index (χ4v) is 3.85. The molecule has 2 aliphatic rings. The minimum Gasteiger partial charge on any atom is -0.548 e. The van der Waals surface area contributed by atoms with E-state index in [-0.39, 0.29) is 52.0 Å². The van der Waals surface area contributed by atoms with Crippen LogP contribution in [0.1, 0.15) is 19.8 Å². The predicted molar refractivity (Wildman–Crippen MR) is 58.7 cm³/mol. The van der Waals surface area contributed by atoms with E-state index in [0.717, 1.165) is 0 Å². The summed E-state index contributed by atoms with van der Waals surface area (Å²) in [5.74, 6) is -1.48. The number of rotatable bonds is 4. The molecule has 0 saturated carbocycles. The zero-order valence-electron chi connectivity index (χ0n) is 10.3. The van der Waals surface area contributed by atoms with Gasteiger partial charge in [0.1, 0.15) is 0 Å². The molecular weight excluding hydrogens is 267 g/mol. The van der Waals surface area contributed by atoms with Gasteiger partial charge in [0.25, 0.3) is 0 Å². The third-order valence-electron chi connectivity index (χ3n) is 2.98. The molecule has 0 aromatic carbocycles. The number of nitrogens with zero attached hydrogens (tertiary/aromatic N) is 1. The van der Waals surface area contributed by atoms with Gasteiger partial charge < -0.3 is 20.1 Å². The van der Waals surface area contributed by atoms with Gasteiger partial charge in [-0.1, -0.05) is 0 Å². The van der Waals surface area contributed by atoms with Gasteiger partial charge in [-0.25, -0.2) is 0 Å². The van der Waals surface area contributed by atoms with Crippen molar-refractivity contribution in [1.82, 2.24) is 10.2 Å². The number of hydrogen-bond donors (Lipinski definition) is 1. The van der Waals surface area contributed by atoms with Crippen molar-refractivity contribution >= 4 is 29.5 Å². The number of aliphatic carboxylic acids is 1. The third-order valence-corrected chi connectivity index (χ3v) is 4.53. The SMILES string of the molecule is CC(=O)NCCC1SC2CC(=O)N2C1C(=O)[O-].[Na+]. The van der Waals surface area contributed by atoms with E-state index in [2.05, 4.69) is 5.32 Å². The standard InChI is InChI=1S/C10H14N2O4S.Na/c1-5(13)11-3-2-6-9(10(15)16)12-7(14)4-8(12)17-6;/h6,8-9H,2-4H2,1H3,(H,11,13)(H,15,16);/q;+1/p-1. The molecule has 3 atom stereocenters. The first kappa shape index (κ1) is 15.8. The number of amides is 2. The number of β-lactam (4-membered cyclic amide) rings is 1. The fourth-order valence-electron chi connectivity index (χ4n) is 2.19. The zero-order chi connectivity index (χ0) is 12.6. The minimum absolute atomic E-state index is 0. The third kappa shape index (κ3) is 3.01. The molecule has 0 bridgehead atoms. The van der Waals surface area contributed by atoms with E-state index in [9.17, 15) is 19.5 Å². The van der Waals surface area contributed by atoms with Crippen LogP contribution in [-0.4, -0.2) is 45.9 Å². The molecule has 2 heterocycles. The van der Waals surface area contributed by atoms with E-state index in [1.165, 1.54) is 23.6 Å². The summed E-state index contributed by atoms with van der Waals surface area (Å²) < 4.78 is 0. The van der Waals surface area contributed by atoms with E-state index < -0.39 is 12.0 Å². The summed E-state index contributed by atoms with van der Waals surface area (Å²) in [6, 6.07) is -0.847. The maximum atomic E-state index is 11.3. The molecule has 0 aliphatic carbocycles. The van der Waals surface area contributed by atoms with Crippen LogP contribution in [0.3, 0.4) is 0 Å². The normalized spacial score (nSPS) is 29.1. The molecule has 94 valence electrons. The van der Waals surface area contributed by atoms with Gasteiger partial charge in [-0.3, -0.25) is 9.59 Å². The number of carbonyl (C=O) groups is 3. The molecule has 3 unspecified atom stereocenters. The first-order valence-corrected chi connectivity index (χ1v) is 6.37. The van der Waals surface area contributed by atoms with Crippen molar-refractivity contribution in [3.05, 3.63) is 0 Å². The number of hydrogen-bond acceptors (Lipinski definition) is 5. The number of carboxylic acid groups (broad SMARTS) is 1. The first-order valence-electron chi connectivity index (χ1n) is 5.42. The Morgan fingerprint density at radius 1 is 1.56 bits per heavy atom. The topological polar surface area (TPSA) is 89.5 Å². The van der Waals surface area contributed by atoms with E-state index in [0.29, 0.717) is 19.4 Å².